The van der Waals surface area contributed by atoms with Crippen LogP contribution >= 0.6 is 0 Å². The van der Waals surface area contributed by atoms with Crippen LogP contribution in [0.3, 0.4) is 0 Å². The fourth-order valence-corrected chi connectivity index (χ4v) is 2.28. The molecule has 0 unspecified atom stereocenters. The van der Waals surface area contributed by atoms with Gasteiger partial charge in [-0.2, -0.15) is 0 Å². The van der Waals surface area contributed by atoms with Gasteiger partial charge in [-0.25, -0.2) is 0 Å². The molecule has 4 nitrogen and oxygen atoms in total. The highest BCUT2D eigenvalue weighted by atomic mass is 16.5. The summed E-state index contributed by atoms with van der Waals surface area (Å²) >= 11 is 0. The van der Waals surface area contributed by atoms with Gasteiger partial charge >= 0.3 is 5.97 Å². The zero-order valence-corrected chi connectivity index (χ0v) is 10.8. The number of hydrogen-bond acceptors (Lipinski definition) is 4. The van der Waals surface area contributed by atoms with E-state index in [1.807, 2.05) is 12.1 Å². The number of nitrogens with zero attached hydrogens (tertiary/aromatic N) is 1. The Kier molecular flexibility index (Phi) is 4.07. The van der Waals surface area contributed by atoms with E-state index >= 15 is 0 Å². The van der Waals surface area contributed by atoms with E-state index in [1.165, 1.54) is 12.6 Å². The van der Waals surface area contributed by atoms with E-state index in [1.54, 1.807) is 0 Å². The molecule has 0 aromatic heterocycles. The van der Waals surface area contributed by atoms with Gasteiger partial charge in [0.05, 0.1) is 6.61 Å². The minimum Gasteiger partial charge on any atom is -0.466 e. The van der Waals surface area contributed by atoms with Crippen LogP contribution in [0.4, 0.5) is 11.4 Å². The van der Waals surface area contributed by atoms with Gasteiger partial charge in [-0.15, -0.1) is 0 Å². The highest BCUT2D eigenvalue weighted by Gasteiger charge is 2.20. The van der Waals surface area contributed by atoms with E-state index in [4.69, 9.17) is 10.5 Å². The van der Waals surface area contributed by atoms with Crippen LogP contribution in [0.25, 0.3) is 0 Å². The third-order valence-corrected chi connectivity index (χ3v) is 3.40. The molecule has 18 heavy (non-hydrogen) atoms. The number of anilines is 2. The monoisotopic (exact) mass is 248 g/mol. The number of esters is 1. The molecule has 1 heterocycles. The Labute approximate surface area is 108 Å². The van der Waals surface area contributed by atoms with Crippen LogP contribution in [0.2, 0.25) is 0 Å². The van der Waals surface area contributed by atoms with Crippen molar-refractivity contribution in [2.24, 2.45) is 5.92 Å². The molecule has 2 N–H and O–H groups in total. The molecule has 0 radical (unpaired) electrons. The summed E-state index contributed by atoms with van der Waals surface area (Å²) in [5, 5.41) is 0. The first-order valence-electron chi connectivity index (χ1n) is 6.39. The first kappa shape index (κ1) is 12.7. The number of carbonyl (C=O) groups is 1. The lowest BCUT2D eigenvalue weighted by atomic mass is 9.97. The summed E-state index contributed by atoms with van der Waals surface area (Å²) in [4.78, 5) is 13.1. The van der Waals surface area contributed by atoms with Crippen LogP contribution in [-0.4, -0.2) is 25.7 Å². The number of ether oxygens (including phenoxy) is 1. The second-order valence-electron chi connectivity index (χ2n) is 4.82. The van der Waals surface area contributed by atoms with Crippen molar-refractivity contribution in [3.63, 3.8) is 0 Å². The number of hydrogen-bond donors (Lipinski definition) is 1. The lowest BCUT2D eigenvalue weighted by molar-refractivity contribution is -0.142. The van der Waals surface area contributed by atoms with Crippen molar-refractivity contribution in [2.75, 3.05) is 30.3 Å². The Morgan fingerprint density at radius 2 is 1.94 bits per heavy atom. The third kappa shape index (κ3) is 3.39. The molecule has 98 valence electrons. The summed E-state index contributed by atoms with van der Waals surface area (Å²) in [6.07, 6.45) is 2.13. The highest BCUT2D eigenvalue weighted by molar-refractivity contribution is 5.65. The molecule has 1 fully saturated rings. The van der Waals surface area contributed by atoms with Crippen molar-refractivity contribution in [1.82, 2.24) is 0 Å². The predicted molar refractivity (Wildman–Crippen MR) is 72.4 cm³/mol. The Morgan fingerprint density at radius 1 is 1.33 bits per heavy atom. The zero-order chi connectivity index (χ0) is 13.0. The van der Waals surface area contributed by atoms with E-state index < -0.39 is 0 Å². The Hall–Kier alpha value is -1.71. The largest absolute Gasteiger partial charge is 0.466 e. The van der Waals surface area contributed by atoms with Crippen LogP contribution in [-0.2, 0) is 9.53 Å². The van der Waals surface area contributed by atoms with Crippen molar-refractivity contribution in [3.8, 4) is 0 Å². The quantitative estimate of drug-likeness (QED) is 0.657. The van der Waals surface area contributed by atoms with Gasteiger partial charge in [-0.1, -0.05) is 0 Å². The van der Waals surface area contributed by atoms with Crippen LogP contribution in [0.5, 0.6) is 0 Å². The summed E-state index contributed by atoms with van der Waals surface area (Å²) in [6.45, 7) is 4.04. The number of carbonyl (C=O) groups excluding carboxylic acids is 1. The minimum atomic E-state index is -0.184. The van der Waals surface area contributed by atoms with Crippen molar-refractivity contribution in [3.05, 3.63) is 24.3 Å². The van der Waals surface area contributed by atoms with E-state index in [2.05, 4.69) is 17.0 Å². The standard InChI is InChI=1S/C14H20N2O2/c1-11(17)18-10-12-6-8-16(9-7-12)14-4-2-13(15)3-5-14/h2-5,12H,6-10,15H2,1H3. The topological polar surface area (TPSA) is 55.6 Å². The Morgan fingerprint density at radius 3 is 2.50 bits per heavy atom. The van der Waals surface area contributed by atoms with Crippen molar-refractivity contribution < 1.29 is 9.53 Å². The van der Waals surface area contributed by atoms with Crippen molar-refractivity contribution >= 4 is 17.3 Å². The van der Waals surface area contributed by atoms with Crippen LogP contribution in [0.1, 0.15) is 19.8 Å². The molecule has 0 bridgehead atoms. The summed E-state index contributed by atoms with van der Waals surface area (Å²) in [5.74, 6) is 0.315. The molecule has 0 aliphatic carbocycles. The molecular formula is C14H20N2O2. The van der Waals surface area contributed by atoms with Crippen LogP contribution < -0.4 is 10.6 Å². The normalized spacial score (nSPS) is 16.6. The SMILES string of the molecule is CC(=O)OCC1CCN(c2ccc(N)cc2)CC1. The molecule has 0 saturated carbocycles. The number of rotatable bonds is 3. The van der Waals surface area contributed by atoms with Crippen LogP contribution in [0.15, 0.2) is 24.3 Å². The molecule has 1 aliphatic heterocycles. The molecule has 0 spiro atoms. The maximum atomic E-state index is 10.8. The smallest absolute Gasteiger partial charge is 0.302 e. The fourth-order valence-electron chi connectivity index (χ4n) is 2.28. The summed E-state index contributed by atoms with van der Waals surface area (Å²) in [7, 11) is 0. The van der Waals surface area contributed by atoms with Gasteiger partial charge in [-0.05, 0) is 43.0 Å². The average Bonchev–Trinajstić information content (AvgIpc) is 2.38. The minimum absolute atomic E-state index is 0.184. The van der Waals surface area contributed by atoms with E-state index in [9.17, 15) is 4.79 Å². The molecule has 1 saturated heterocycles. The van der Waals surface area contributed by atoms with E-state index in [0.29, 0.717) is 12.5 Å². The Bertz CT molecular complexity index is 395. The summed E-state index contributed by atoms with van der Waals surface area (Å²) in [5.41, 5.74) is 7.69. The molecular weight excluding hydrogens is 228 g/mol. The molecule has 1 aliphatic rings. The van der Waals surface area contributed by atoms with Gasteiger partial charge in [0.25, 0.3) is 0 Å². The number of benzene rings is 1. The number of nitrogens with two attached hydrogens (primary N) is 1. The second kappa shape index (κ2) is 5.76. The number of nitrogen functional groups attached to an aromatic ring is 1. The van der Waals surface area contributed by atoms with Gasteiger partial charge in [0, 0.05) is 31.4 Å². The highest BCUT2D eigenvalue weighted by Crippen LogP contribution is 2.24. The van der Waals surface area contributed by atoms with Crippen LogP contribution in [0, 0.1) is 5.92 Å². The third-order valence-electron chi connectivity index (χ3n) is 3.40. The lowest BCUT2D eigenvalue weighted by Crippen LogP contribution is -2.35. The first-order valence-corrected chi connectivity index (χ1v) is 6.39. The first-order chi connectivity index (χ1) is 8.65. The Balaban J connectivity index is 1.83. The predicted octanol–water partition coefficient (Wildman–Crippen LogP) is 2.05. The van der Waals surface area contributed by atoms with Gasteiger partial charge in [0.2, 0.25) is 0 Å². The lowest BCUT2D eigenvalue weighted by Gasteiger charge is -2.33. The number of piperidine rings is 1. The molecule has 1 aromatic carbocycles. The van der Waals surface area contributed by atoms with Crippen molar-refractivity contribution in [2.45, 2.75) is 19.8 Å². The van der Waals surface area contributed by atoms with Gasteiger partial charge in [0.1, 0.15) is 0 Å². The molecule has 1 aromatic rings. The van der Waals surface area contributed by atoms with E-state index in [-0.39, 0.29) is 5.97 Å². The maximum absolute atomic E-state index is 10.8. The molecule has 2 rings (SSSR count). The van der Waals surface area contributed by atoms with Gasteiger partial charge < -0.3 is 15.4 Å². The van der Waals surface area contributed by atoms with Gasteiger partial charge in [-0.3, -0.25) is 4.79 Å². The molecule has 0 atom stereocenters. The van der Waals surface area contributed by atoms with E-state index in [0.717, 1.165) is 31.6 Å². The summed E-state index contributed by atoms with van der Waals surface area (Å²) in [6, 6.07) is 7.98. The molecule has 4 heteroatoms. The average molecular weight is 248 g/mol. The second-order valence-corrected chi connectivity index (χ2v) is 4.82. The summed E-state index contributed by atoms with van der Waals surface area (Å²) < 4.78 is 5.06. The van der Waals surface area contributed by atoms with Gasteiger partial charge in [0.15, 0.2) is 0 Å². The van der Waals surface area contributed by atoms with Crippen molar-refractivity contribution in [1.29, 1.82) is 0 Å². The maximum Gasteiger partial charge on any atom is 0.302 e. The zero-order valence-electron chi connectivity index (χ0n) is 10.8. The molecule has 0 amide bonds. The fraction of sp³-hybridized carbons (Fsp3) is 0.500.